The predicted molar refractivity (Wildman–Crippen MR) is 132 cm³/mol. The summed E-state index contributed by atoms with van der Waals surface area (Å²) in [6.07, 6.45) is 8.92. The highest BCUT2D eigenvalue weighted by atomic mass is 79.9. The van der Waals surface area contributed by atoms with Crippen LogP contribution < -0.4 is 21.9 Å². The fourth-order valence-corrected chi connectivity index (χ4v) is 5.47. The van der Waals surface area contributed by atoms with E-state index in [1.165, 1.54) is 4.68 Å². The summed E-state index contributed by atoms with van der Waals surface area (Å²) in [4.78, 5) is 30.5. The van der Waals surface area contributed by atoms with Crippen LogP contribution in [0.2, 0.25) is 0 Å². The average Bonchev–Trinajstić information content (AvgIpc) is 2.75. The zero-order chi connectivity index (χ0) is 23.8. The van der Waals surface area contributed by atoms with Crippen molar-refractivity contribution in [2.75, 3.05) is 5.32 Å². The van der Waals surface area contributed by atoms with Crippen LogP contribution in [-0.2, 0) is 16.9 Å². The van der Waals surface area contributed by atoms with E-state index in [0.29, 0.717) is 35.5 Å². The molecule has 0 aromatic carbocycles. The number of hydrogen-bond acceptors (Lipinski definition) is 6. The lowest BCUT2D eigenvalue weighted by molar-refractivity contribution is -0.135. The van der Waals surface area contributed by atoms with Gasteiger partial charge in [-0.3, -0.25) is 14.6 Å². The summed E-state index contributed by atoms with van der Waals surface area (Å²) in [5.74, 6) is 0.230. The number of carbonyl (C=O) groups is 1. The van der Waals surface area contributed by atoms with Gasteiger partial charge in [-0.1, -0.05) is 20.8 Å². The van der Waals surface area contributed by atoms with Gasteiger partial charge in [-0.05, 0) is 77.1 Å². The van der Waals surface area contributed by atoms with E-state index >= 15 is 0 Å². The van der Waals surface area contributed by atoms with E-state index in [-0.39, 0.29) is 29.0 Å². The molecule has 4 N–H and O–H groups in total. The SMILES string of the molecule is CC1CC(C)(C)[C@@H](N)C[C@H]1Nc1cnn(C2(C(=O)NCc3ccncc3)CCC2)c(=O)c1Br. The molecule has 2 fully saturated rings. The summed E-state index contributed by atoms with van der Waals surface area (Å²) in [7, 11) is 0. The Hall–Kier alpha value is -2.26. The molecule has 1 amide bonds. The van der Waals surface area contributed by atoms with Gasteiger partial charge in [-0.15, -0.1) is 0 Å². The van der Waals surface area contributed by atoms with E-state index in [1.807, 2.05) is 12.1 Å². The number of carbonyl (C=O) groups excluding carboxylic acids is 1. The number of nitrogens with zero attached hydrogens (tertiary/aromatic N) is 3. The van der Waals surface area contributed by atoms with Gasteiger partial charge >= 0.3 is 0 Å². The second-order valence-corrected chi connectivity index (χ2v) is 11.1. The minimum atomic E-state index is -0.949. The van der Waals surface area contributed by atoms with Crippen molar-refractivity contribution in [3.8, 4) is 0 Å². The van der Waals surface area contributed by atoms with Crippen LogP contribution in [0.3, 0.4) is 0 Å². The number of nitrogens with two attached hydrogens (primary N) is 1. The summed E-state index contributed by atoms with van der Waals surface area (Å²) in [5.41, 5.74) is 6.86. The lowest BCUT2D eigenvalue weighted by Gasteiger charge is -2.44. The van der Waals surface area contributed by atoms with Crippen molar-refractivity contribution in [1.82, 2.24) is 20.1 Å². The van der Waals surface area contributed by atoms with Gasteiger partial charge in [0.2, 0.25) is 5.91 Å². The Kier molecular flexibility index (Phi) is 6.64. The van der Waals surface area contributed by atoms with Crippen molar-refractivity contribution in [3.63, 3.8) is 0 Å². The zero-order valence-corrected chi connectivity index (χ0v) is 21.1. The van der Waals surface area contributed by atoms with E-state index in [9.17, 15) is 9.59 Å². The van der Waals surface area contributed by atoms with Gasteiger partial charge in [-0.2, -0.15) is 5.10 Å². The lowest BCUT2D eigenvalue weighted by atomic mass is 9.67. The largest absolute Gasteiger partial charge is 0.380 e. The number of amides is 1. The first-order valence-electron chi connectivity index (χ1n) is 11.6. The molecule has 0 saturated heterocycles. The normalized spacial score (nSPS) is 25.7. The molecule has 0 bridgehead atoms. The van der Waals surface area contributed by atoms with Crippen molar-refractivity contribution in [2.45, 2.75) is 77.0 Å². The highest BCUT2D eigenvalue weighted by Crippen LogP contribution is 2.40. The Balaban J connectivity index is 1.52. The fraction of sp³-hybridized carbons (Fsp3) is 0.583. The molecule has 178 valence electrons. The van der Waals surface area contributed by atoms with Gasteiger partial charge < -0.3 is 16.4 Å². The summed E-state index contributed by atoms with van der Waals surface area (Å²) in [6, 6.07) is 3.95. The minimum Gasteiger partial charge on any atom is -0.380 e. The third-order valence-corrected chi connectivity index (χ3v) is 8.28. The molecule has 2 aliphatic carbocycles. The van der Waals surface area contributed by atoms with Crippen LogP contribution in [0.15, 0.2) is 40.0 Å². The van der Waals surface area contributed by atoms with Crippen molar-refractivity contribution in [3.05, 3.63) is 51.1 Å². The van der Waals surface area contributed by atoms with E-state index in [1.54, 1.807) is 18.6 Å². The number of nitrogens with one attached hydrogen (secondary N) is 2. The number of rotatable bonds is 6. The van der Waals surface area contributed by atoms with Crippen LogP contribution in [0.1, 0.15) is 58.4 Å². The van der Waals surface area contributed by atoms with E-state index in [2.05, 4.69) is 57.4 Å². The highest BCUT2D eigenvalue weighted by Gasteiger charge is 2.48. The second-order valence-electron chi connectivity index (χ2n) is 10.3. The molecule has 2 aromatic heterocycles. The fourth-order valence-electron chi connectivity index (χ4n) is 5.08. The first-order valence-corrected chi connectivity index (χ1v) is 12.4. The maximum absolute atomic E-state index is 13.3. The zero-order valence-electron chi connectivity index (χ0n) is 19.5. The van der Waals surface area contributed by atoms with E-state index < -0.39 is 5.54 Å². The van der Waals surface area contributed by atoms with Gasteiger partial charge in [0.05, 0.1) is 11.9 Å². The molecule has 2 saturated carbocycles. The summed E-state index contributed by atoms with van der Waals surface area (Å²) in [5, 5.41) is 10.9. The molecule has 2 heterocycles. The standard InChI is InChI=1S/C24H33BrN6O2/c1-15-12-23(2,3)19(26)11-17(15)30-18-14-29-31(21(32)20(18)25)24(7-4-8-24)22(33)28-13-16-5-9-27-10-6-16/h5-6,9-10,14-15,17,19,30H,4,7-8,11-13,26H2,1-3H3,(H,28,33)/t15?,17-,19+/m1/s1. The highest BCUT2D eigenvalue weighted by molar-refractivity contribution is 9.10. The Morgan fingerprint density at radius 2 is 2.00 bits per heavy atom. The molecule has 8 nitrogen and oxygen atoms in total. The first-order chi connectivity index (χ1) is 15.6. The van der Waals surface area contributed by atoms with Crippen LogP contribution in [-0.4, -0.2) is 32.8 Å². The Morgan fingerprint density at radius 1 is 1.30 bits per heavy atom. The van der Waals surface area contributed by atoms with Crippen molar-refractivity contribution in [1.29, 1.82) is 0 Å². The number of anilines is 1. The minimum absolute atomic E-state index is 0.0839. The van der Waals surface area contributed by atoms with Crippen LogP contribution in [0.5, 0.6) is 0 Å². The maximum atomic E-state index is 13.3. The van der Waals surface area contributed by atoms with Crippen LogP contribution >= 0.6 is 15.9 Å². The lowest BCUT2D eigenvalue weighted by Crippen LogP contribution is -2.57. The molecule has 0 radical (unpaired) electrons. The van der Waals surface area contributed by atoms with Gasteiger partial charge in [0, 0.05) is 31.0 Å². The average molecular weight is 517 g/mol. The van der Waals surface area contributed by atoms with Crippen LogP contribution in [0, 0.1) is 11.3 Å². The van der Waals surface area contributed by atoms with Crippen molar-refractivity contribution in [2.24, 2.45) is 17.1 Å². The molecule has 2 aromatic rings. The van der Waals surface area contributed by atoms with E-state index in [4.69, 9.17) is 5.73 Å². The van der Waals surface area contributed by atoms with Gasteiger partial charge in [-0.25, -0.2) is 4.68 Å². The molecular formula is C24H33BrN6O2. The second kappa shape index (κ2) is 9.18. The van der Waals surface area contributed by atoms with Crippen LogP contribution in [0.25, 0.3) is 0 Å². The summed E-state index contributed by atoms with van der Waals surface area (Å²) < 4.78 is 1.75. The monoisotopic (exact) mass is 516 g/mol. The molecule has 2 aliphatic rings. The molecule has 4 rings (SSSR count). The third kappa shape index (κ3) is 4.57. The number of pyridine rings is 1. The third-order valence-electron chi connectivity index (χ3n) is 7.52. The first kappa shape index (κ1) is 23.9. The van der Waals surface area contributed by atoms with E-state index in [0.717, 1.165) is 24.8 Å². The van der Waals surface area contributed by atoms with Crippen molar-refractivity contribution < 1.29 is 4.79 Å². The summed E-state index contributed by atoms with van der Waals surface area (Å²) >= 11 is 3.48. The maximum Gasteiger partial charge on any atom is 0.284 e. The molecule has 0 aliphatic heterocycles. The molecule has 3 atom stereocenters. The smallest absolute Gasteiger partial charge is 0.284 e. The Morgan fingerprint density at radius 3 is 2.64 bits per heavy atom. The topological polar surface area (TPSA) is 115 Å². The van der Waals surface area contributed by atoms with Gasteiger partial charge in [0.15, 0.2) is 0 Å². The van der Waals surface area contributed by atoms with Crippen molar-refractivity contribution >= 4 is 27.5 Å². The molecule has 9 heteroatoms. The number of aromatic nitrogens is 3. The van der Waals surface area contributed by atoms with Gasteiger partial charge in [0.1, 0.15) is 10.0 Å². The quantitative estimate of drug-likeness (QED) is 0.543. The Bertz CT molecular complexity index is 1070. The Labute approximate surface area is 202 Å². The molecule has 33 heavy (non-hydrogen) atoms. The summed E-state index contributed by atoms with van der Waals surface area (Å²) in [6.45, 7) is 7.01. The number of halogens is 1. The molecule has 0 spiro atoms. The van der Waals surface area contributed by atoms with Crippen LogP contribution in [0.4, 0.5) is 5.69 Å². The molecular weight excluding hydrogens is 484 g/mol. The van der Waals surface area contributed by atoms with Gasteiger partial charge in [0.25, 0.3) is 5.56 Å². The number of hydrogen-bond donors (Lipinski definition) is 3. The molecule has 1 unspecified atom stereocenters. The predicted octanol–water partition coefficient (Wildman–Crippen LogP) is 3.16.